The fourth-order valence-corrected chi connectivity index (χ4v) is 6.78. The fraction of sp³-hybridized carbons (Fsp3) is 0.139. The number of aromatic nitrogens is 1. The van der Waals surface area contributed by atoms with Gasteiger partial charge in [0.05, 0.1) is 40.6 Å². The summed E-state index contributed by atoms with van der Waals surface area (Å²) in [4.78, 5) is 33.1. The number of ether oxygens (including phenoxy) is 3. The number of rotatable bonds is 9. The molecule has 0 spiro atoms. The highest BCUT2D eigenvalue weighted by Gasteiger charge is 2.35. The molecule has 1 aromatic heterocycles. The Kier molecular flexibility index (Phi) is 9.84. The molecule has 1 aliphatic heterocycles. The van der Waals surface area contributed by atoms with Crippen molar-refractivity contribution in [1.82, 2.24) is 4.57 Å². The molecule has 2 heterocycles. The highest BCUT2D eigenvalue weighted by molar-refractivity contribution is 7.07. The monoisotopic (exact) mass is 704 g/mol. The van der Waals surface area contributed by atoms with Crippen molar-refractivity contribution >= 4 is 63.9 Å². The van der Waals surface area contributed by atoms with Gasteiger partial charge in [-0.3, -0.25) is 9.36 Å². The maximum atomic E-state index is 14.2. The Hall–Kier alpha value is -4.34. The molecule has 0 aliphatic carbocycles. The Labute approximate surface area is 289 Å². The topological polar surface area (TPSA) is 79.1 Å². The van der Waals surface area contributed by atoms with Gasteiger partial charge in [-0.15, -0.1) is 0 Å². The zero-order valence-electron chi connectivity index (χ0n) is 25.2. The largest absolute Gasteiger partial charge is 0.493 e. The van der Waals surface area contributed by atoms with Gasteiger partial charge >= 0.3 is 5.97 Å². The molecule has 0 unspecified atom stereocenters. The van der Waals surface area contributed by atoms with Crippen molar-refractivity contribution in [3.63, 3.8) is 0 Å². The van der Waals surface area contributed by atoms with Crippen molar-refractivity contribution in [1.29, 1.82) is 0 Å². The van der Waals surface area contributed by atoms with E-state index in [0.717, 1.165) is 11.1 Å². The quantitative estimate of drug-likeness (QED) is 0.149. The first-order chi connectivity index (χ1) is 22.8. The molecule has 0 radical (unpaired) electrons. The van der Waals surface area contributed by atoms with E-state index in [9.17, 15) is 9.59 Å². The average Bonchev–Trinajstić information content (AvgIpc) is 3.38. The molecule has 0 amide bonds. The maximum Gasteiger partial charge on any atom is 0.338 e. The average molecular weight is 706 g/mol. The summed E-state index contributed by atoms with van der Waals surface area (Å²) in [6.45, 7) is 2.15. The highest BCUT2D eigenvalue weighted by Crippen LogP contribution is 2.38. The van der Waals surface area contributed by atoms with Crippen LogP contribution in [-0.4, -0.2) is 24.3 Å². The lowest BCUT2D eigenvalue weighted by atomic mass is 9.93. The molecule has 0 N–H and O–H groups in total. The molecule has 47 heavy (non-hydrogen) atoms. The van der Waals surface area contributed by atoms with Crippen molar-refractivity contribution in [2.45, 2.75) is 19.6 Å². The van der Waals surface area contributed by atoms with E-state index in [2.05, 4.69) is 0 Å². The van der Waals surface area contributed by atoms with E-state index in [1.54, 1.807) is 61.5 Å². The summed E-state index contributed by atoms with van der Waals surface area (Å²) in [6, 6.07) is 26.3. The number of hydrogen-bond donors (Lipinski definition) is 0. The van der Waals surface area contributed by atoms with Crippen LogP contribution in [-0.2, 0) is 16.1 Å². The van der Waals surface area contributed by atoms with Gasteiger partial charge in [-0.1, -0.05) is 101 Å². The molecule has 4 aromatic carbocycles. The lowest BCUT2D eigenvalue weighted by Gasteiger charge is -2.25. The smallest absolute Gasteiger partial charge is 0.338 e. The third-order valence-electron chi connectivity index (χ3n) is 7.41. The van der Waals surface area contributed by atoms with Gasteiger partial charge in [0, 0.05) is 15.6 Å². The SMILES string of the molecule is CCOC(=O)C1=C(c2ccccc2)N=c2s/c(=C\c3cc(Cl)c(OCc4ccc(Cl)cc4)c(OC)c3)c(=O)n2[C@@H]1c1ccc(Cl)cc1. The van der Waals surface area contributed by atoms with E-state index in [1.807, 2.05) is 42.5 Å². The highest BCUT2D eigenvalue weighted by atomic mass is 35.5. The van der Waals surface area contributed by atoms with E-state index < -0.39 is 12.0 Å². The molecule has 6 rings (SSSR count). The van der Waals surface area contributed by atoms with Gasteiger partial charge in [0.25, 0.3) is 5.56 Å². The van der Waals surface area contributed by atoms with Gasteiger partial charge in [0.2, 0.25) is 0 Å². The summed E-state index contributed by atoms with van der Waals surface area (Å²) in [6.07, 6.45) is 1.72. The summed E-state index contributed by atoms with van der Waals surface area (Å²) < 4.78 is 19.1. The third-order valence-corrected chi connectivity index (χ3v) is 9.17. The van der Waals surface area contributed by atoms with Crippen LogP contribution in [0.4, 0.5) is 0 Å². The standard InChI is InChI=1S/C36H27Cl3N2O5S/c1-3-45-35(43)30-31(23-7-5-4-6-8-23)40-36-41(32(30)24-11-15-26(38)16-12-24)34(42)29(47-36)19-22-17-27(39)33(28(18-22)44-2)46-20-21-9-13-25(37)14-10-21/h4-19,32H,3,20H2,1-2H3/b29-19-/t32-/m1/s1. The van der Waals surface area contributed by atoms with Crippen molar-refractivity contribution in [3.05, 3.63) is 154 Å². The number of carbonyl (C=O) groups is 1. The number of esters is 1. The van der Waals surface area contributed by atoms with Crippen LogP contribution in [0.25, 0.3) is 11.8 Å². The minimum Gasteiger partial charge on any atom is -0.493 e. The second kappa shape index (κ2) is 14.2. The number of benzene rings is 4. The predicted octanol–water partition coefficient (Wildman–Crippen LogP) is 7.48. The number of fused-ring (bicyclic) bond motifs is 1. The van der Waals surface area contributed by atoms with Gasteiger partial charge < -0.3 is 14.2 Å². The number of nitrogens with zero attached hydrogens (tertiary/aromatic N) is 2. The molecule has 7 nitrogen and oxygen atoms in total. The van der Waals surface area contributed by atoms with Crippen LogP contribution in [0.5, 0.6) is 11.5 Å². The van der Waals surface area contributed by atoms with Crippen LogP contribution >= 0.6 is 46.1 Å². The molecule has 0 fully saturated rings. The number of methoxy groups -OCH3 is 1. The first-order valence-electron chi connectivity index (χ1n) is 14.6. The first kappa shape index (κ1) is 32.6. The maximum absolute atomic E-state index is 14.2. The van der Waals surface area contributed by atoms with Crippen molar-refractivity contribution < 1.29 is 19.0 Å². The summed E-state index contributed by atoms with van der Waals surface area (Å²) in [5.74, 6) is 0.215. The van der Waals surface area contributed by atoms with Crippen LogP contribution in [0.2, 0.25) is 15.1 Å². The van der Waals surface area contributed by atoms with Crippen LogP contribution in [0.3, 0.4) is 0 Å². The Morgan fingerprint density at radius 1 is 0.957 bits per heavy atom. The minimum absolute atomic E-state index is 0.157. The Bertz CT molecular complexity index is 2160. The molecule has 0 saturated heterocycles. The van der Waals surface area contributed by atoms with Crippen LogP contribution in [0, 0.1) is 0 Å². The van der Waals surface area contributed by atoms with Crippen LogP contribution in [0.1, 0.15) is 35.2 Å². The molecular weight excluding hydrogens is 679 g/mol. The van der Waals surface area contributed by atoms with E-state index in [-0.39, 0.29) is 24.3 Å². The van der Waals surface area contributed by atoms with E-state index in [4.69, 9.17) is 54.0 Å². The third kappa shape index (κ3) is 6.87. The molecule has 0 saturated carbocycles. The molecule has 11 heteroatoms. The number of carbonyl (C=O) groups excluding carboxylic acids is 1. The molecule has 1 atom stereocenters. The van der Waals surface area contributed by atoms with E-state index in [0.29, 0.717) is 52.7 Å². The van der Waals surface area contributed by atoms with Gasteiger partial charge in [0.1, 0.15) is 6.61 Å². The molecule has 0 bridgehead atoms. The Morgan fingerprint density at radius 3 is 2.30 bits per heavy atom. The van der Waals surface area contributed by atoms with E-state index in [1.165, 1.54) is 23.0 Å². The van der Waals surface area contributed by atoms with Crippen LogP contribution in [0.15, 0.2) is 106 Å². The number of halogens is 3. The van der Waals surface area contributed by atoms with Gasteiger partial charge in [-0.25, -0.2) is 9.79 Å². The fourth-order valence-electron chi connectivity index (χ4n) is 5.25. The summed E-state index contributed by atoms with van der Waals surface area (Å²) in [5.41, 5.74) is 3.28. The zero-order chi connectivity index (χ0) is 33.1. The van der Waals surface area contributed by atoms with Gasteiger partial charge in [-0.2, -0.15) is 0 Å². The van der Waals surface area contributed by atoms with E-state index >= 15 is 0 Å². The Morgan fingerprint density at radius 2 is 1.64 bits per heavy atom. The number of thiazole rings is 1. The Balaban J connectivity index is 1.48. The van der Waals surface area contributed by atoms with Crippen molar-refractivity contribution in [3.8, 4) is 11.5 Å². The number of hydrogen-bond acceptors (Lipinski definition) is 7. The van der Waals surface area contributed by atoms with Crippen LogP contribution < -0.4 is 24.4 Å². The summed E-state index contributed by atoms with van der Waals surface area (Å²) in [7, 11) is 1.52. The molecule has 238 valence electrons. The molecule has 5 aromatic rings. The lowest BCUT2D eigenvalue weighted by molar-refractivity contribution is -0.138. The zero-order valence-corrected chi connectivity index (χ0v) is 28.3. The summed E-state index contributed by atoms with van der Waals surface area (Å²) in [5, 5.41) is 1.47. The lowest BCUT2D eigenvalue weighted by Crippen LogP contribution is -2.40. The second-order valence-corrected chi connectivity index (χ2v) is 12.7. The summed E-state index contributed by atoms with van der Waals surface area (Å²) >= 11 is 20.1. The van der Waals surface area contributed by atoms with Gasteiger partial charge in [-0.05, 0) is 66.1 Å². The molecular formula is C36H27Cl3N2O5S. The normalized spacial score (nSPS) is 14.4. The predicted molar refractivity (Wildman–Crippen MR) is 186 cm³/mol. The minimum atomic E-state index is -0.818. The first-order valence-corrected chi connectivity index (χ1v) is 16.5. The van der Waals surface area contributed by atoms with Crippen molar-refractivity contribution in [2.24, 2.45) is 4.99 Å². The second-order valence-electron chi connectivity index (χ2n) is 10.4. The molecule has 1 aliphatic rings. The van der Waals surface area contributed by atoms with Gasteiger partial charge in [0.15, 0.2) is 16.3 Å². The van der Waals surface area contributed by atoms with Crippen molar-refractivity contribution in [2.75, 3.05) is 13.7 Å².